The van der Waals surface area contributed by atoms with Crippen molar-refractivity contribution in [3.8, 4) is 17.2 Å². The SMILES string of the molecule is COc1ccc(C(=O)Nc2nnc(-c3cc(Cl)cc(Cl)c3)o2)cc1. The Morgan fingerprint density at radius 3 is 2.38 bits per heavy atom. The molecular formula is C16H11Cl2N3O3. The van der Waals surface area contributed by atoms with Crippen molar-refractivity contribution in [2.24, 2.45) is 0 Å². The summed E-state index contributed by atoms with van der Waals surface area (Å²) in [6.07, 6.45) is 0. The van der Waals surface area contributed by atoms with E-state index in [1.807, 2.05) is 0 Å². The quantitative estimate of drug-likeness (QED) is 0.747. The molecular weight excluding hydrogens is 353 g/mol. The molecule has 0 saturated carbocycles. The zero-order valence-corrected chi connectivity index (χ0v) is 13.9. The Morgan fingerprint density at radius 1 is 1.08 bits per heavy atom. The summed E-state index contributed by atoms with van der Waals surface area (Å²) in [4.78, 5) is 12.1. The van der Waals surface area contributed by atoms with Crippen LogP contribution < -0.4 is 10.1 Å². The molecule has 3 rings (SSSR count). The number of nitrogens with zero attached hydrogens (tertiary/aromatic N) is 2. The van der Waals surface area contributed by atoms with Crippen molar-refractivity contribution in [3.05, 3.63) is 58.1 Å². The molecule has 24 heavy (non-hydrogen) atoms. The van der Waals surface area contributed by atoms with Gasteiger partial charge in [0.2, 0.25) is 5.89 Å². The van der Waals surface area contributed by atoms with Crippen molar-refractivity contribution < 1.29 is 13.9 Å². The minimum absolute atomic E-state index is 0.0260. The standard InChI is InChI=1S/C16H11Cl2N3O3/c1-23-13-4-2-9(3-5-13)14(22)19-16-21-20-15(24-16)10-6-11(17)8-12(18)7-10/h2-8H,1H3,(H,19,21,22). The minimum atomic E-state index is -0.378. The second kappa shape index (κ2) is 6.90. The molecule has 122 valence electrons. The van der Waals surface area contributed by atoms with Gasteiger partial charge < -0.3 is 9.15 Å². The number of ether oxygens (including phenoxy) is 1. The van der Waals surface area contributed by atoms with E-state index in [1.54, 1.807) is 49.6 Å². The molecule has 0 fully saturated rings. The van der Waals surface area contributed by atoms with Gasteiger partial charge in [-0.3, -0.25) is 10.1 Å². The molecule has 0 aliphatic carbocycles. The van der Waals surface area contributed by atoms with Gasteiger partial charge in [0, 0.05) is 21.2 Å². The average Bonchev–Trinajstić information content (AvgIpc) is 3.02. The molecule has 6 nitrogen and oxygen atoms in total. The molecule has 0 aliphatic heterocycles. The highest BCUT2D eigenvalue weighted by atomic mass is 35.5. The number of hydrogen-bond acceptors (Lipinski definition) is 5. The fraction of sp³-hybridized carbons (Fsp3) is 0.0625. The Labute approximate surface area is 147 Å². The fourth-order valence-electron chi connectivity index (χ4n) is 1.98. The van der Waals surface area contributed by atoms with Crippen LogP contribution in [0.25, 0.3) is 11.5 Å². The smallest absolute Gasteiger partial charge is 0.322 e. The Balaban J connectivity index is 1.76. The Bertz CT molecular complexity index is 858. The van der Waals surface area contributed by atoms with E-state index in [2.05, 4.69) is 15.5 Å². The number of rotatable bonds is 4. The normalized spacial score (nSPS) is 10.5. The van der Waals surface area contributed by atoms with Crippen LogP contribution in [0.3, 0.4) is 0 Å². The lowest BCUT2D eigenvalue weighted by Gasteiger charge is -2.02. The molecule has 8 heteroatoms. The van der Waals surface area contributed by atoms with E-state index >= 15 is 0 Å². The highest BCUT2D eigenvalue weighted by Gasteiger charge is 2.13. The lowest BCUT2D eigenvalue weighted by molar-refractivity contribution is 0.102. The van der Waals surface area contributed by atoms with Crippen molar-refractivity contribution in [3.63, 3.8) is 0 Å². The second-order valence-corrected chi connectivity index (χ2v) is 5.63. The monoisotopic (exact) mass is 363 g/mol. The summed E-state index contributed by atoms with van der Waals surface area (Å²) >= 11 is 11.9. The molecule has 0 aliphatic rings. The van der Waals surface area contributed by atoms with Gasteiger partial charge >= 0.3 is 6.01 Å². The van der Waals surface area contributed by atoms with E-state index in [9.17, 15) is 4.79 Å². The first-order valence-electron chi connectivity index (χ1n) is 6.80. The Hall–Kier alpha value is -2.57. The molecule has 1 heterocycles. The van der Waals surface area contributed by atoms with Crippen molar-refractivity contribution >= 4 is 35.1 Å². The number of aromatic nitrogens is 2. The van der Waals surface area contributed by atoms with Crippen molar-refractivity contribution in [1.29, 1.82) is 0 Å². The number of halogens is 2. The average molecular weight is 364 g/mol. The first kappa shape index (κ1) is 16.3. The van der Waals surface area contributed by atoms with E-state index in [4.69, 9.17) is 32.4 Å². The van der Waals surface area contributed by atoms with E-state index < -0.39 is 0 Å². The van der Waals surface area contributed by atoms with Crippen molar-refractivity contribution in [1.82, 2.24) is 10.2 Å². The summed E-state index contributed by atoms with van der Waals surface area (Å²) in [5, 5.41) is 11.1. The van der Waals surface area contributed by atoms with E-state index in [0.29, 0.717) is 26.9 Å². The molecule has 0 saturated heterocycles. The van der Waals surface area contributed by atoms with E-state index in [0.717, 1.165) is 0 Å². The third kappa shape index (κ3) is 3.67. The van der Waals surface area contributed by atoms with Crippen LogP contribution in [0.5, 0.6) is 5.75 Å². The predicted octanol–water partition coefficient (Wildman–Crippen LogP) is 4.30. The van der Waals surface area contributed by atoms with Crippen molar-refractivity contribution in [2.45, 2.75) is 0 Å². The van der Waals surface area contributed by atoms with Crippen LogP contribution in [0.4, 0.5) is 6.01 Å². The van der Waals surface area contributed by atoms with Crippen molar-refractivity contribution in [2.75, 3.05) is 12.4 Å². The van der Waals surface area contributed by atoms with Gasteiger partial charge in [-0.1, -0.05) is 28.3 Å². The zero-order chi connectivity index (χ0) is 17.1. The summed E-state index contributed by atoms with van der Waals surface area (Å²) < 4.78 is 10.5. The van der Waals surface area contributed by atoms with E-state index in [-0.39, 0.29) is 17.8 Å². The van der Waals surface area contributed by atoms with Crippen LogP contribution in [0.1, 0.15) is 10.4 Å². The van der Waals surface area contributed by atoms with Gasteiger partial charge in [0.1, 0.15) is 5.75 Å². The molecule has 3 aromatic rings. The maximum atomic E-state index is 12.1. The molecule has 1 aromatic heterocycles. The Kier molecular flexibility index (Phi) is 4.69. The molecule has 0 bridgehead atoms. The highest BCUT2D eigenvalue weighted by Crippen LogP contribution is 2.27. The number of methoxy groups -OCH3 is 1. The van der Waals surface area contributed by atoms with Crippen LogP contribution in [0.15, 0.2) is 46.9 Å². The van der Waals surface area contributed by atoms with Gasteiger partial charge in [0.15, 0.2) is 0 Å². The lowest BCUT2D eigenvalue weighted by atomic mass is 10.2. The largest absolute Gasteiger partial charge is 0.497 e. The number of hydrogen-bond donors (Lipinski definition) is 1. The van der Waals surface area contributed by atoms with Gasteiger partial charge in [0.25, 0.3) is 5.91 Å². The van der Waals surface area contributed by atoms with Crippen LogP contribution in [0.2, 0.25) is 10.0 Å². The van der Waals surface area contributed by atoms with E-state index in [1.165, 1.54) is 0 Å². The van der Waals surface area contributed by atoms with Gasteiger partial charge in [-0.25, -0.2) is 0 Å². The summed E-state index contributed by atoms with van der Waals surface area (Å²) in [5.41, 5.74) is 0.992. The highest BCUT2D eigenvalue weighted by molar-refractivity contribution is 6.35. The minimum Gasteiger partial charge on any atom is -0.497 e. The molecule has 0 unspecified atom stereocenters. The number of carbonyl (C=O) groups is 1. The fourth-order valence-corrected chi connectivity index (χ4v) is 2.51. The van der Waals surface area contributed by atoms with Gasteiger partial charge in [-0.05, 0) is 42.5 Å². The number of amides is 1. The lowest BCUT2D eigenvalue weighted by Crippen LogP contribution is -2.11. The number of carbonyl (C=O) groups excluding carboxylic acids is 1. The number of nitrogens with one attached hydrogen (secondary N) is 1. The maximum Gasteiger partial charge on any atom is 0.322 e. The molecule has 1 amide bonds. The van der Waals surface area contributed by atoms with Gasteiger partial charge in [0.05, 0.1) is 7.11 Å². The van der Waals surface area contributed by atoms with Gasteiger partial charge in [-0.15, -0.1) is 5.10 Å². The molecule has 0 atom stereocenters. The molecule has 2 aromatic carbocycles. The number of anilines is 1. The second-order valence-electron chi connectivity index (χ2n) is 4.75. The molecule has 1 N–H and O–H groups in total. The third-order valence-corrected chi connectivity index (χ3v) is 3.54. The first-order chi connectivity index (χ1) is 11.5. The number of benzene rings is 2. The zero-order valence-electron chi connectivity index (χ0n) is 12.4. The molecule has 0 radical (unpaired) electrons. The van der Waals surface area contributed by atoms with Gasteiger partial charge in [-0.2, -0.15) is 0 Å². The maximum absolute atomic E-state index is 12.1. The van der Waals surface area contributed by atoms with Crippen LogP contribution in [0, 0.1) is 0 Å². The topological polar surface area (TPSA) is 77.2 Å². The summed E-state index contributed by atoms with van der Waals surface area (Å²) in [7, 11) is 1.55. The predicted molar refractivity (Wildman–Crippen MR) is 90.7 cm³/mol. The summed E-state index contributed by atoms with van der Waals surface area (Å²) in [5.74, 6) is 0.478. The summed E-state index contributed by atoms with van der Waals surface area (Å²) in [6, 6.07) is 11.5. The van der Waals surface area contributed by atoms with Crippen LogP contribution in [-0.4, -0.2) is 23.2 Å². The van der Waals surface area contributed by atoms with Crippen LogP contribution in [-0.2, 0) is 0 Å². The van der Waals surface area contributed by atoms with Crippen LogP contribution >= 0.6 is 23.2 Å². The molecule has 0 spiro atoms. The third-order valence-electron chi connectivity index (χ3n) is 3.11. The first-order valence-corrected chi connectivity index (χ1v) is 7.56. The Morgan fingerprint density at radius 2 is 1.75 bits per heavy atom. The summed E-state index contributed by atoms with van der Waals surface area (Å²) in [6.45, 7) is 0.